The minimum absolute atomic E-state index is 0.0274. The van der Waals surface area contributed by atoms with Gasteiger partial charge in [-0.15, -0.1) is 0 Å². The fourth-order valence-corrected chi connectivity index (χ4v) is 9.13. The fraction of sp³-hybridized carbons (Fsp3) is 0.122. The molecule has 4 heteroatoms. The number of hydrogen-bond donors (Lipinski definition) is 0. The van der Waals surface area contributed by atoms with Gasteiger partial charge in [0.15, 0.2) is 17.5 Å². The second-order valence-electron chi connectivity index (χ2n) is 15.7. The molecule has 53 heavy (non-hydrogen) atoms. The molecule has 0 aliphatic heterocycles. The molecule has 7 aromatic carbocycles. The van der Waals surface area contributed by atoms with Crippen molar-refractivity contribution < 1.29 is 0 Å². The molecule has 0 radical (unpaired) electrons. The van der Waals surface area contributed by atoms with Gasteiger partial charge in [0.25, 0.3) is 0 Å². The molecule has 1 aliphatic carbocycles. The van der Waals surface area contributed by atoms with Crippen molar-refractivity contribution in [1.29, 1.82) is 0 Å². The van der Waals surface area contributed by atoms with E-state index in [-0.39, 0.29) is 5.41 Å². The molecule has 1 aromatic heterocycles. The zero-order valence-electron chi connectivity index (χ0n) is 30.9. The Morgan fingerprint density at radius 2 is 0.830 bits per heavy atom. The molecule has 0 fully saturated rings. The lowest BCUT2D eigenvalue weighted by atomic mass is 9.82. The summed E-state index contributed by atoms with van der Waals surface area (Å²) >= 11 is 0. The first-order valence-electron chi connectivity index (χ1n) is 18.4. The summed E-state index contributed by atoms with van der Waals surface area (Å²) < 4.78 is 0. The smallest absolute Gasteiger partial charge is 0.164 e. The predicted octanol–water partition coefficient (Wildman–Crippen LogP) is 12.2. The highest BCUT2D eigenvalue weighted by Gasteiger charge is 2.36. The molecule has 9 rings (SSSR count). The standard InChI is InChI=1S/C49H41N3Si/c1-49(2)44-27-23-35(30-42(44)43-31-37(53(3,4)5)24-28-45(43)49)39-26-25-38(40-21-12-13-22-41(39)40)34-19-14-20-36(29-34)48-51-46(32-15-8-6-9-16-32)50-47(52-48)33-17-10-7-11-18-33/h6-31H,1-5H3. The number of fused-ring (bicyclic) bond motifs is 4. The SMILES string of the molecule is CC1(C)c2ccc(-c3ccc(-c4cccc(-c5nc(-c6ccccc6)nc(-c6ccccc6)n5)c4)c4ccccc34)cc2-c2cc([Si](C)(C)C)ccc21. The van der Waals surface area contributed by atoms with Crippen LogP contribution >= 0.6 is 0 Å². The molecular formula is C49H41N3Si. The molecule has 8 aromatic rings. The minimum atomic E-state index is -1.47. The Kier molecular flexibility index (Phi) is 7.83. The van der Waals surface area contributed by atoms with E-state index in [1.807, 2.05) is 60.7 Å². The van der Waals surface area contributed by atoms with Gasteiger partial charge in [0, 0.05) is 22.1 Å². The molecule has 0 saturated heterocycles. The number of hydrogen-bond acceptors (Lipinski definition) is 3. The lowest BCUT2D eigenvalue weighted by Crippen LogP contribution is -2.37. The Morgan fingerprint density at radius 1 is 0.377 bits per heavy atom. The Labute approximate surface area is 313 Å². The van der Waals surface area contributed by atoms with Gasteiger partial charge in [-0.25, -0.2) is 15.0 Å². The van der Waals surface area contributed by atoms with Crippen LogP contribution in [0.15, 0.2) is 158 Å². The van der Waals surface area contributed by atoms with E-state index in [2.05, 4.69) is 131 Å². The third-order valence-corrected chi connectivity index (χ3v) is 13.0. The van der Waals surface area contributed by atoms with Gasteiger partial charge in [-0.2, -0.15) is 0 Å². The van der Waals surface area contributed by atoms with Crippen LogP contribution in [0.3, 0.4) is 0 Å². The van der Waals surface area contributed by atoms with Crippen molar-refractivity contribution in [2.75, 3.05) is 0 Å². The number of benzene rings is 7. The summed E-state index contributed by atoms with van der Waals surface area (Å²) in [5, 5.41) is 3.96. The van der Waals surface area contributed by atoms with Gasteiger partial charge in [-0.05, 0) is 67.4 Å². The van der Waals surface area contributed by atoms with Crippen molar-refractivity contribution in [1.82, 2.24) is 15.0 Å². The normalized spacial score (nSPS) is 13.2. The molecule has 0 amide bonds. The average Bonchev–Trinajstić information content (AvgIpc) is 3.42. The van der Waals surface area contributed by atoms with Crippen molar-refractivity contribution in [2.45, 2.75) is 38.9 Å². The second-order valence-corrected chi connectivity index (χ2v) is 20.8. The third kappa shape index (κ3) is 5.80. The highest BCUT2D eigenvalue weighted by atomic mass is 28.3. The van der Waals surface area contributed by atoms with Gasteiger partial charge in [0.05, 0.1) is 8.07 Å². The van der Waals surface area contributed by atoms with Crippen LogP contribution in [0.25, 0.3) is 78.3 Å². The van der Waals surface area contributed by atoms with E-state index in [4.69, 9.17) is 15.0 Å². The molecule has 0 bridgehead atoms. The Bertz CT molecular complexity index is 2620. The van der Waals surface area contributed by atoms with Crippen LogP contribution in [0.4, 0.5) is 0 Å². The maximum atomic E-state index is 5.00. The van der Waals surface area contributed by atoms with Crippen LogP contribution < -0.4 is 5.19 Å². The molecule has 0 unspecified atom stereocenters. The van der Waals surface area contributed by atoms with Crippen molar-refractivity contribution >= 4 is 24.0 Å². The van der Waals surface area contributed by atoms with Crippen molar-refractivity contribution in [3.63, 3.8) is 0 Å². The average molecular weight is 700 g/mol. The number of nitrogens with zero attached hydrogens (tertiary/aromatic N) is 3. The van der Waals surface area contributed by atoms with E-state index in [0.717, 1.165) is 22.3 Å². The van der Waals surface area contributed by atoms with E-state index in [1.54, 1.807) is 0 Å². The van der Waals surface area contributed by atoms with Gasteiger partial charge in [-0.3, -0.25) is 0 Å². The first-order valence-corrected chi connectivity index (χ1v) is 21.9. The van der Waals surface area contributed by atoms with E-state index < -0.39 is 8.07 Å². The maximum Gasteiger partial charge on any atom is 0.164 e. The molecule has 0 spiro atoms. The first-order chi connectivity index (χ1) is 25.6. The molecule has 256 valence electrons. The summed E-state index contributed by atoms with van der Waals surface area (Å²) in [4.78, 5) is 14.9. The van der Waals surface area contributed by atoms with E-state index in [0.29, 0.717) is 17.5 Å². The van der Waals surface area contributed by atoms with E-state index in [1.165, 1.54) is 54.9 Å². The molecule has 0 saturated carbocycles. The summed E-state index contributed by atoms with van der Waals surface area (Å²) in [5.41, 5.74) is 13.2. The minimum Gasteiger partial charge on any atom is -0.208 e. The maximum absolute atomic E-state index is 5.00. The lowest BCUT2D eigenvalue weighted by molar-refractivity contribution is 0.660. The quantitative estimate of drug-likeness (QED) is 0.162. The first kappa shape index (κ1) is 32.9. The van der Waals surface area contributed by atoms with Crippen LogP contribution in [-0.4, -0.2) is 23.0 Å². The largest absolute Gasteiger partial charge is 0.208 e. The fourth-order valence-electron chi connectivity index (χ4n) is 7.97. The molecular weight excluding hydrogens is 659 g/mol. The van der Waals surface area contributed by atoms with E-state index in [9.17, 15) is 0 Å². The van der Waals surface area contributed by atoms with Crippen LogP contribution in [0.5, 0.6) is 0 Å². The highest BCUT2D eigenvalue weighted by Crippen LogP contribution is 2.50. The number of rotatable bonds is 6. The molecule has 0 N–H and O–H groups in total. The summed E-state index contributed by atoms with van der Waals surface area (Å²) in [5.74, 6) is 1.97. The summed E-state index contributed by atoms with van der Waals surface area (Å²) in [7, 11) is -1.47. The molecule has 1 heterocycles. The summed E-state index contributed by atoms with van der Waals surface area (Å²) in [6.07, 6.45) is 0. The molecule has 0 atom stereocenters. The Hall–Kier alpha value is -5.97. The second kappa shape index (κ2) is 12.6. The van der Waals surface area contributed by atoms with Crippen LogP contribution in [-0.2, 0) is 5.41 Å². The topological polar surface area (TPSA) is 38.7 Å². The Balaban J connectivity index is 1.15. The Morgan fingerprint density at radius 3 is 1.40 bits per heavy atom. The lowest BCUT2D eigenvalue weighted by Gasteiger charge is -2.23. The van der Waals surface area contributed by atoms with Gasteiger partial charge in [0.2, 0.25) is 0 Å². The van der Waals surface area contributed by atoms with Crippen molar-refractivity contribution in [3.05, 3.63) is 169 Å². The van der Waals surface area contributed by atoms with Gasteiger partial charge in [-0.1, -0.05) is 184 Å². The molecule has 3 nitrogen and oxygen atoms in total. The predicted molar refractivity (Wildman–Crippen MR) is 225 cm³/mol. The van der Waals surface area contributed by atoms with Gasteiger partial charge in [0.1, 0.15) is 0 Å². The van der Waals surface area contributed by atoms with Gasteiger partial charge < -0.3 is 0 Å². The number of aromatic nitrogens is 3. The van der Waals surface area contributed by atoms with E-state index >= 15 is 0 Å². The van der Waals surface area contributed by atoms with Crippen LogP contribution in [0.2, 0.25) is 19.6 Å². The summed E-state index contributed by atoms with van der Waals surface area (Å²) in [6.45, 7) is 12.0. The third-order valence-electron chi connectivity index (χ3n) is 10.9. The van der Waals surface area contributed by atoms with Crippen molar-refractivity contribution in [2.24, 2.45) is 0 Å². The van der Waals surface area contributed by atoms with Gasteiger partial charge >= 0.3 is 0 Å². The molecule has 1 aliphatic rings. The van der Waals surface area contributed by atoms with Crippen molar-refractivity contribution in [3.8, 4) is 67.5 Å². The van der Waals surface area contributed by atoms with Crippen LogP contribution in [0, 0.1) is 0 Å². The van der Waals surface area contributed by atoms with Crippen LogP contribution in [0.1, 0.15) is 25.0 Å². The summed E-state index contributed by atoms with van der Waals surface area (Å²) in [6, 6.07) is 56.6. The zero-order valence-corrected chi connectivity index (χ0v) is 31.9. The monoisotopic (exact) mass is 699 g/mol. The zero-order chi connectivity index (χ0) is 36.3. The highest BCUT2D eigenvalue weighted by molar-refractivity contribution is 6.88.